The maximum atomic E-state index is 12.8. The summed E-state index contributed by atoms with van der Waals surface area (Å²) < 4.78 is 5.24. The van der Waals surface area contributed by atoms with Crippen LogP contribution in [-0.2, 0) is 10.2 Å². The van der Waals surface area contributed by atoms with Gasteiger partial charge in [0.15, 0.2) is 0 Å². The average molecular weight is 308 g/mol. The van der Waals surface area contributed by atoms with Gasteiger partial charge in [-0.3, -0.25) is 9.78 Å². The quantitative estimate of drug-likeness (QED) is 0.942. The first-order valence-corrected chi connectivity index (χ1v) is 8.08. The second-order valence-corrected chi connectivity index (χ2v) is 6.60. The third-order valence-electron chi connectivity index (χ3n) is 5.53. The van der Waals surface area contributed by atoms with Gasteiger partial charge in [-0.05, 0) is 55.0 Å². The molecule has 1 amide bonds. The maximum absolute atomic E-state index is 12.8. The van der Waals surface area contributed by atoms with Gasteiger partial charge in [0.25, 0.3) is 0 Å². The van der Waals surface area contributed by atoms with Gasteiger partial charge >= 0.3 is 0 Å². The van der Waals surface area contributed by atoms with Crippen molar-refractivity contribution < 1.29 is 9.53 Å². The number of carbonyl (C=O) groups excluding carboxylic acids is 1. The highest BCUT2D eigenvalue weighted by atomic mass is 16.5. The van der Waals surface area contributed by atoms with Gasteiger partial charge in [0.2, 0.25) is 5.91 Å². The molecular weight excluding hydrogens is 288 g/mol. The lowest BCUT2D eigenvalue weighted by Crippen LogP contribution is -2.50. The summed E-state index contributed by atoms with van der Waals surface area (Å²) in [6.45, 7) is 0. The molecule has 4 heteroatoms. The third-order valence-corrected chi connectivity index (χ3v) is 5.53. The molecule has 2 bridgehead atoms. The summed E-state index contributed by atoms with van der Waals surface area (Å²) in [6, 6.07) is 11.9. The number of hydrogen-bond donors (Lipinski definition) is 1. The van der Waals surface area contributed by atoms with E-state index >= 15 is 0 Å². The van der Waals surface area contributed by atoms with Gasteiger partial charge in [-0.25, -0.2) is 0 Å². The molecule has 23 heavy (non-hydrogen) atoms. The molecular formula is C19H20N2O2. The molecule has 3 atom stereocenters. The minimum absolute atomic E-state index is 0.00320. The van der Waals surface area contributed by atoms with Crippen LogP contribution >= 0.6 is 0 Å². The van der Waals surface area contributed by atoms with Gasteiger partial charge < -0.3 is 10.1 Å². The Bertz CT molecular complexity index is 710. The standard InChI is InChI=1S/C19H20N2O2/c1-23-16-6-4-14(5-7-16)19-9-8-13(11-19)17(19)18(22)21-15-3-2-10-20-12-15/h2-7,10,12-13,17H,8-9,11H2,1H3,(H,21,22). The molecule has 3 saturated carbocycles. The van der Waals surface area contributed by atoms with E-state index in [0.29, 0.717) is 5.92 Å². The summed E-state index contributed by atoms with van der Waals surface area (Å²) in [4.78, 5) is 16.9. The second kappa shape index (κ2) is 5.37. The van der Waals surface area contributed by atoms with E-state index < -0.39 is 0 Å². The molecule has 0 aliphatic heterocycles. The van der Waals surface area contributed by atoms with E-state index in [2.05, 4.69) is 22.4 Å². The van der Waals surface area contributed by atoms with E-state index in [9.17, 15) is 4.79 Å². The number of methoxy groups -OCH3 is 1. The van der Waals surface area contributed by atoms with Gasteiger partial charge in [-0.15, -0.1) is 0 Å². The lowest BCUT2D eigenvalue weighted by molar-refractivity contribution is -0.127. The SMILES string of the molecule is COc1ccc(C23CCC(C2)C3C(=O)Nc2cccnc2)cc1. The Labute approximate surface area is 135 Å². The fourth-order valence-electron chi connectivity index (χ4n) is 4.46. The summed E-state index contributed by atoms with van der Waals surface area (Å²) in [6.07, 6.45) is 6.75. The van der Waals surface area contributed by atoms with Crippen molar-refractivity contribution in [2.24, 2.45) is 11.8 Å². The van der Waals surface area contributed by atoms with E-state index in [4.69, 9.17) is 4.74 Å². The van der Waals surface area contributed by atoms with Crippen molar-refractivity contribution >= 4 is 11.6 Å². The number of amides is 1. The number of carbonyl (C=O) groups is 1. The van der Waals surface area contributed by atoms with Crippen LogP contribution in [0.1, 0.15) is 24.8 Å². The van der Waals surface area contributed by atoms with Gasteiger partial charge in [-0.2, -0.15) is 0 Å². The van der Waals surface area contributed by atoms with Crippen molar-refractivity contribution in [3.8, 4) is 5.75 Å². The van der Waals surface area contributed by atoms with Gasteiger partial charge in [0.05, 0.1) is 24.9 Å². The molecule has 1 aromatic carbocycles. The number of fused-ring (bicyclic) bond motifs is 1. The van der Waals surface area contributed by atoms with Crippen LogP contribution in [0.5, 0.6) is 5.75 Å². The highest BCUT2D eigenvalue weighted by molar-refractivity contribution is 5.95. The Morgan fingerprint density at radius 3 is 2.78 bits per heavy atom. The summed E-state index contributed by atoms with van der Waals surface area (Å²) in [5.41, 5.74) is 2.04. The summed E-state index contributed by atoms with van der Waals surface area (Å²) >= 11 is 0. The van der Waals surface area contributed by atoms with Crippen molar-refractivity contribution in [2.45, 2.75) is 24.7 Å². The molecule has 2 aromatic rings. The smallest absolute Gasteiger partial charge is 0.228 e. The van der Waals surface area contributed by atoms with E-state index in [1.807, 2.05) is 24.3 Å². The maximum Gasteiger partial charge on any atom is 0.228 e. The topological polar surface area (TPSA) is 51.2 Å². The molecule has 3 aliphatic carbocycles. The van der Waals surface area contributed by atoms with E-state index in [-0.39, 0.29) is 17.2 Å². The van der Waals surface area contributed by atoms with Gasteiger partial charge in [-0.1, -0.05) is 12.1 Å². The Kier molecular flexibility index (Phi) is 3.33. The Morgan fingerprint density at radius 1 is 1.30 bits per heavy atom. The minimum atomic E-state index is 0.00320. The molecule has 118 valence electrons. The molecule has 4 nitrogen and oxygen atoms in total. The highest BCUT2D eigenvalue weighted by Crippen LogP contribution is 2.64. The number of benzene rings is 1. The summed E-state index contributed by atoms with van der Waals surface area (Å²) in [5, 5.41) is 3.04. The number of hydrogen-bond acceptors (Lipinski definition) is 3. The van der Waals surface area contributed by atoms with Crippen LogP contribution in [0.2, 0.25) is 0 Å². The first-order chi connectivity index (χ1) is 11.2. The van der Waals surface area contributed by atoms with Crippen LogP contribution in [0, 0.1) is 11.8 Å². The van der Waals surface area contributed by atoms with Crippen molar-refractivity contribution in [3.05, 3.63) is 54.4 Å². The van der Waals surface area contributed by atoms with Crippen molar-refractivity contribution in [3.63, 3.8) is 0 Å². The normalized spacial score (nSPS) is 28.0. The fraction of sp³-hybridized carbons (Fsp3) is 0.368. The van der Waals surface area contributed by atoms with Crippen LogP contribution < -0.4 is 10.1 Å². The van der Waals surface area contributed by atoms with Crippen LogP contribution in [0.4, 0.5) is 5.69 Å². The predicted octanol–water partition coefficient (Wildman–Crippen LogP) is 3.40. The highest BCUT2D eigenvalue weighted by Gasteiger charge is 2.62. The number of ether oxygens (including phenoxy) is 1. The lowest BCUT2D eigenvalue weighted by atomic mass is 9.56. The van der Waals surface area contributed by atoms with Gasteiger partial charge in [0, 0.05) is 11.6 Å². The van der Waals surface area contributed by atoms with Crippen LogP contribution in [-0.4, -0.2) is 18.0 Å². The molecule has 0 saturated heterocycles. The molecule has 1 N–H and O–H groups in total. The van der Waals surface area contributed by atoms with Crippen molar-refractivity contribution in [2.75, 3.05) is 12.4 Å². The predicted molar refractivity (Wildman–Crippen MR) is 88.4 cm³/mol. The number of nitrogens with one attached hydrogen (secondary N) is 1. The van der Waals surface area contributed by atoms with Crippen molar-refractivity contribution in [1.29, 1.82) is 0 Å². The molecule has 0 spiro atoms. The second-order valence-electron chi connectivity index (χ2n) is 6.60. The van der Waals surface area contributed by atoms with Gasteiger partial charge in [0.1, 0.15) is 5.75 Å². The van der Waals surface area contributed by atoms with Crippen molar-refractivity contribution in [1.82, 2.24) is 4.98 Å². The Balaban J connectivity index is 1.58. The molecule has 1 aromatic heterocycles. The zero-order valence-electron chi connectivity index (χ0n) is 13.2. The van der Waals surface area contributed by atoms with E-state index in [1.165, 1.54) is 5.56 Å². The average Bonchev–Trinajstić information content (AvgIpc) is 3.16. The van der Waals surface area contributed by atoms with E-state index in [0.717, 1.165) is 30.7 Å². The first kappa shape index (κ1) is 14.2. The minimum Gasteiger partial charge on any atom is -0.497 e. The number of nitrogens with zero attached hydrogens (tertiary/aromatic N) is 1. The zero-order chi connectivity index (χ0) is 15.9. The molecule has 3 fully saturated rings. The summed E-state index contributed by atoms with van der Waals surface area (Å²) in [7, 11) is 1.67. The number of rotatable bonds is 4. The number of anilines is 1. The van der Waals surface area contributed by atoms with Crippen LogP contribution in [0.15, 0.2) is 48.8 Å². The Hall–Kier alpha value is -2.36. The van der Waals surface area contributed by atoms with E-state index in [1.54, 1.807) is 19.5 Å². The fourth-order valence-corrected chi connectivity index (χ4v) is 4.46. The molecule has 0 radical (unpaired) electrons. The third kappa shape index (κ3) is 2.21. The molecule has 3 aliphatic rings. The number of pyridine rings is 1. The first-order valence-electron chi connectivity index (χ1n) is 8.08. The largest absolute Gasteiger partial charge is 0.497 e. The number of aromatic nitrogens is 1. The monoisotopic (exact) mass is 308 g/mol. The van der Waals surface area contributed by atoms with Crippen LogP contribution in [0.3, 0.4) is 0 Å². The molecule has 3 unspecified atom stereocenters. The summed E-state index contributed by atoms with van der Waals surface area (Å²) in [5.74, 6) is 1.56. The van der Waals surface area contributed by atoms with Crippen LogP contribution in [0.25, 0.3) is 0 Å². The molecule has 5 rings (SSSR count). The zero-order valence-corrected chi connectivity index (χ0v) is 13.2. The Morgan fingerprint density at radius 2 is 2.13 bits per heavy atom. The molecule has 1 heterocycles. The lowest BCUT2D eigenvalue weighted by Gasteiger charge is -2.47.